The molecule has 0 fully saturated rings. The topological polar surface area (TPSA) is 75.5 Å². The quantitative estimate of drug-likeness (QED) is 0.664. The van der Waals surface area contributed by atoms with Gasteiger partial charge in [-0.3, -0.25) is 9.48 Å². The molecule has 1 unspecified atom stereocenters. The molecule has 2 aliphatic rings. The summed E-state index contributed by atoms with van der Waals surface area (Å²) in [4.78, 5) is 16.4. The number of hydrazine groups is 1. The van der Waals surface area contributed by atoms with Crippen molar-refractivity contribution in [3.63, 3.8) is 0 Å². The standard InChI is InChI=1S/C20H20F6N6O2/c1-30-15(8-16(31(30)2)20(24,25)26)18(33)28-12-4-5-32-14(12)7-13(29-32)10-6-17(34-3)27-9-11(10)19(21,22)23/h6-9,12,16H,4-5H2,1-3H3,(H,28,33)/t12-,16?/m0/s1. The number of alkyl halides is 6. The number of carbonyl (C=O) groups excluding carboxylic acids is 1. The number of halogens is 6. The van der Waals surface area contributed by atoms with Gasteiger partial charge in [0, 0.05) is 38.5 Å². The maximum absolute atomic E-state index is 13.5. The monoisotopic (exact) mass is 490 g/mol. The predicted molar refractivity (Wildman–Crippen MR) is 106 cm³/mol. The van der Waals surface area contributed by atoms with E-state index >= 15 is 0 Å². The lowest BCUT2D eigenvalue weighted by Gasteiger charge is -2.29. The number of hydrogen-bond donors (Lipinski definition) is 1. The molecular formula is C20H20F6N6O2. The van der Waals surface area contributed by atoms with Gasteiger partial charge in [0.1, 0.15) is 11.7 Å². The number of fused-ring (bicyclic) bond motifs is 1. The van der Waals surface area contributed by atoms with Crippen LogP contribution in [0.25, 0.3) is 11.3 Å². The van der Waals surface area contributed by atoms with Gasteiger partial charge in [-0.1, -0.05) is 0 Å². The molecule has 1 N–H and O–H groups in total. The summed E-state index contributed by atoms with van der Waals surface area (Å²) < 4.78 is 86.6. The summed E-state index contributed by atoms with van der Waals surface area (Å²) in [6.45, 7) is 0.309. The average molecular weight is 490 g/mol. The summed E-state index contributed by atoms with van der Waals surface area (Å²) in [7, 11) is 3.82. The lowest BCUT2D eigenvalue weighted by Crippen LogP contribution is -2.45. The SMILES string of the molecule is COc1cc(-c2cc3n(n2)CC[C@@H]3NC(=O)C2=CC(C(F)(F)F)N(C)N2C)c(C(F)(F)F)cn1. The van der Waals surface area contributed by atoms with Crippen LogP contribution in [0.15, 0.2) is 30.1 Å². The molecule has 184 valence electrons. The van der Waals surface area contributed by atoms with Crippen molar-refractivity contribution in [1.29, 1.82) is 0 Å². The number of amides is 1. The zero-order chi connectivity index (χ0) is 25.0. The van der Waals surface area contributed by atoms with Gasteiger partial charge in [-0.05, 0) is 18.6 Å². The Morgan fingerprint density at radius 3 is 2.47 bits per heavy atom. The van der Waals surface area contributed by atoms with Gasteiger partial charge in [0.05, 0.1) is 30.1 Å². The molecule has 0 saturated heterocycles. The van der Waals surface area contributed by atoms with Gasteiger partial charge < -0.3 is 15.1 Å². The minimum Gasteiger partial charge on any atom is -0.481 e. The molecule has 2 aromatic rings. The minimum atomic E-state index is -4.68. The summed E-state index contributed by atoms with van der Waals surface area (Å²) in [5, 5.41) is 8.90. The summed E-state index contributed by atoms with van der Waals surface area (Å²) in [5.41, 5.74) is -0.963. The van der Waals surface area contributed by atoms with Crippen LogP contribution in [0.4, 0.5) is 26.3 Å². The van der Waals surface area contributed by atoms with Crippen LogP contribution in [-0.4, -0.2) is 64.1 Å². The Balaban J connectivity index is 1.60. The smallest absolute Gasteiger partial charge is 0.418 e. The number of methoxy groups -OCH3 is 1. The van der Waals surface area contributed by atoms with Gasteiger partial charge in [0.25, 0.3) is 5.91 Å². The first-order valence-electron chi connectivity index (χ1n) is 10.1. The summed E-state index contributed by atoms with van der Waals surface area (Å²) >= 11 is 0. The van der Waals surface area contributed by atoms with E-state index in [-0.39, 0.29) is 22.8 Å². The molecule has 0 aromatic carbocycles. The Morgan fingerprint density at radius 2 is 1.88 bits per heavy atom. The van der Waals surface area contributed by atoms with Crippen molar-refractivity contribution in [1.82, 2.24) is 30.1 Å². The molecule has 14 heteroatoms. The maximum Gasteiger partial charge on any atom is 0.418 e. The Kier molecular flexibility index (Phi) is 5.74. The lowest BCUT2D eigenvalue weighted by molar-refractivity contribution is -0.184. The first kappa shape index (κ1) is 23.9. The van der Waals surface area contributed by atoms with Crippen LogP contribution in [0.1, 0.15) is 23.7 Å². The number of carbonyl (C=O) groups is 1. The number of likely N-dealkylation sites (N-methyl/N-ethyl adjacent to an activating group) is 2. The van der Waals surface area contributed by atoms with E-state index in [1.807, 2.05) is 0 Å². The molecule has 2 aromatic heterocycles. The number of nitrogens with zero attached hydrogens (tertiary/aromatic N) is 5. The average Bonchev–Trinajstić information content (AvgIpc) is 3.41. The Hall–Kier alpha value is -3.29. The first-order chi connectivity index (χ1) is 15.8. The van der Waals surface area contributed by atoms with Crippen molar-refractivity contribution in [3.8, 4) is 17.1 Å². The molecule has 0 bridgehead atoms. The Bertz CT molecular complexity index is 1140. The van der Waals surface area contributed by atoms with Gasteiger partial charge in [-0.2, -0.15) is 31.4 Å². The Morgan fingerprint density at radius 1 is 1.18 bits per heavy atom. The van der Waals surface area contributed by atoms with Gasteiger partial charge in [-0.25, -0.2) is 9.99 Å². The van der Waals surface area contributed by atoms with Crippen molar-refractivity contribution in [2.75, 3.05) is 21.2 Å². The molecule has 0 saturated carbocycles. The maximum atomic E-state index is 13.5. The van der Waals surface area contributed by atoms with E-state index in [0.29, 0.717) is 24.9 Å². The third-order valence-electron chi connectivity index (χ3n) is 5.88. The molecule has 0 spiro atoms. The fourth-order valence-electron chi connectivity index (χ4n) is 4.04. The van der Waals surface area contributed by atoms with E-state index in [9.17, 15) is 31.1 Å². The van der Waals surface area contributed by atoms with E-state index < -0.39 is 35.9 Å². The van der Waals surface area contributed by atoms with E-state index in [2.05, 4.69) is 15.4 Å². The fraction of sp³-hybridized carbons (Fsp3) is 0.450. The summed E-state index contributed by atoms with van der Waals surface area (Å²) in [6.07, 6.45) is -7.38. The van der Waals surface area contributed by atoms with Crippen molar-refractivity contribution < 1.29 is 35.9 Å². The van der Waals surface area contributed by atoms with Crippen LogP contribution in [0.3, 0.4) is 0 Å². The molecule has 4 rings (SSSR count). The molecule has 1 amide bonds. The van der Waals surface area contributed by atoms with Crippen molar-refractivity contribution in [3.05, 3.63) is 41.4 Å². The van der Waals surface area contributed by atoms with Crippen LogP contribution < -0.4 is 10.1 Å². The second-order valence-corrected chi connectivity index (χ2v) is 7.90. The predicted octanol–water partition coefficient (Wildman–Crippen LogP) is 3.14. The fourth-order valence-corrected chi connectivity index (χ4v) is 4.04. The molecular weight excluding hydrogens is 470 g/mol. The largest absolute Gasteiger partial charge is 0.481 e. The number of aryl methyl sites for hydroxylation is 1. The zero-order valence-corrected chi connectivity index (χ0v) is 18.2. The highest BCUT2D eigenvalue weighted by Gasteiger charge is 2.47. The van der Waals surface area contributed by atoms with Crippen LogP contribution >= 0.6 is 0 Å². The van der Waals surface area contributed by atoms with Crippen LogP contribution in [0, 0.1) is 0 Å². The second-order valence-electron chi connectivity index (χ2n) is 7.90. The Labute approximate surface area is 189 Å². The number of pyridine rings is 1. The van der Waals surface area contributed by atoms with Crippen molar-refractivity contribution in [2.45, 2.75) is 37.4 Å². The number of aromatic nitrogens is 3. The third-order valence-corrected chi connectivity index (χ3v) is 5.88. The van der Waals surface area contributed by atoms with Crippen molar-refractivity contribution >= 4 is 5.91 Å². The number of rotatable bonds is 4. The first-order valence-corrected chi connectivity index (χ1v) is 10.1. The summed E-state index contributed by atoms with van der Waals surface area (Å²) in [5.74, 6) is -0.760. The molecule has 2 aliphatic heterocycles. The van der Waals surface area contributed by atoms with Crippen LogP contribution in [0.5, 0.6) is 5.88 Å². The lowest BCUT2D eigenvalue weighted by atomic mass is 10.1. The second kappa shape index (κ2) is 8.18. The molecule has 0 radical (unpaired) electrons. The van der Waals surface area contributed by atoms with Gasteiger partial charge >= 0.3 is 12.4 Å². The minimum absolute atomic E-state index is 0.0102. The molecule has 0 aliphatic carbocycles. The van der Waals surface area contributed by atoms with Gasteiger partial charge in [0.2, 0.25) is 5.88 Å². The van der Waals surface area contributed by atoms with Crippen molar-refractivity contribution in [2.24, 2.45) is 0 Å². The highest BCUT2D eigenvalue weighted by atomic mass is 19.4. The molecule has 2 atom stereocenters. The normalized spacial score (nSPS) is 21.0. The van der Waals surface area contributed by atoms with Gasteiger partial charge in [-0.15, -0.1) is 0 Å². The highest BCUT2D eigenvalue weighted by molar-refractivity contribution is 5.93. The summed E-state index contributed by atoms with van der Waals surface area (Å²) in [6, 6.07) is -0.0445. The highest BCUT2D eigenvalue weighted by Crippen LogP contribution is 2.39. The molecule has 4 heterocycles. The van der Waals surface area contributed by atoms with E-state index in [1.165, 1.54) is 32.0 Å². The van der Waals surface area contributed by atoms with E-state index in [4.69, 9.17) is 4.74 Å². The molecule has 34 heavy (non-hydrogen) atoms. The van der Waals surface area contributed by atoms with Crippen LogP contribution in [-0.2, 0) is 17.5 Å². The van der Waals surface area contributed by atoms with Crippen LogP contribution in [0.2, 0.25) is 0 Å². The number of nitrogens with one attached hydrogen (secondary N) is 1. The number of hydrogen-bond acceptors (Lipinski definition) is 6. The van der Waals surface area contributed by atoms with Gasteiger partial charge in [0.15, 0.2) is 0 Å². The third kappa shape index (κ3) is 4.17. The molecule has 8 nitrogen and oxygen atoms in total. The van der Waals surface area contributed by atoms with E-state index in [0.717, 1.165) is 22.2 Å². The van der Waals surface area contributed by atoms with E-state index in [1.54, 1.807) is 0 Å². The zero-order valence-electron chi connectivity index (χ0n) is 18.2. The number of ether oxygens (including phenoxy) is 1.